The molecule has 0 aliphatic rings. The molecule has 0 amide bonds. The topological polar surface area (TPSA) is 35.2 Å². The van der Waals surface area contributed by atoms with Crippen molar-refractivity contribution in [3.63, 3.8) is 0 Å². The van der Waals surface area contributed by atoms with Crippen LogP contribution in [0.3, 0.4) is 0 Å². The van der Waals surface area contributed by atoms with E-state index in [1.54, 1.807) is 7.11 Å². The summed E-state index contributed by atoms with van der Waals surface area (Å²) in [6.45, 7) is 2.06. The Hall–Kier alpha value is -0.540. The molecule has 1 rings (SSSR count). The standard InChI is InChI=1S/C10H14BrNO/c1-3-9(12)7-5-4-6-8(11)10(7)13-2/h4-6,9H,3,12H2,1-2H3/t9-/m0/s1. The zero-order chi connectivity index (χ0) is 9.84. The number of para-hydroxylation sites is 1. The van der Waals surface area contributed by atoms with Crippen molar-refractivity contribution in [3.05, 3.63) is 28.2 Å². The Morgan fingerprint density at radius 3 is 2.77 bits per heavy atom. The molecule has 1 atom stereocenters. The molecule has 0 radical (unpaired) electrons. The maximum atomic E-state index is 5.94. The van der Waals surface area contributed by atoms with Crippen molar-refractivity contribution in [2.75, 3.05) is 7.11 Å². The van der Waals surface area contributed by atoms with Gasteiger partial charge in [0.05, 0.1) is 11.6 Å². The van der Waals surface area contributed by atoms with Gasteiger partial charge >= 0.3 is 0 Å². The summed E-state index contributed by atoms with van der Waals surface area (Å²) in [6, 6.07) is 5.97. The third kappa shape index (κ3) is 2.23. The van der Waals surface area contributed by atoms with E-state index in [0.717, 1.165) is 22.2 Å². The minimum atomic E-state index is 0.0486. The van der Waals surface area contributed by atoms with Crippen LogP contribution in [0.4, 0.5) is 0 Å². The lowest BCUT2D eigenvalue weighted by Crippen LogP contribution is -2.10. The number of methoxy groups -OCH3 is 1. The first-order valence-electron chi connectivity index (χ1n) is 4.28. The largest absolute Gasteiger partial charge is 0.495 e. The van der Waals surface area contributed by atoms with Crippen LogP contribution in [-0.2, 0) is 0 Å². The third-order valence-electron chi connectivity index (χ3n) is 2.04. The number of hydrogen-bond donors (Lipinski definition) is 1. The summed E-state index contributed by atoms with van der Waals surface area (Å²) in [5.41, 5.74) is 6.99. The van der Waals surface area contributed by atoms with Crippen LogP contribution in [0.2, 0.25) is 0 Å². The molecule has 0 unspecified atom stereocenters. The molecule has 0 aromatic heterocycles. The number of ether oxygens (including phenoxy) is 1. The highest BCUT2D eigenvalue weighted by Gasteiger charge is 2.11. The zero-order valence-corrected chi connectivity index (χ0v) is 9.47. The summed E-state index contributed by atoms with van der Waals surface area (Å²) < 4.78 is 6.23. The monoisotopic (exact) mass is 243 g/mol. The van der Waals surface area contributed by atoms with Gasteiger partial charge in [0, 0.05) is 11.6 Å². The van der Waals surface area contributed by atoms with E-state index >= 15 is 0 Å². The van der Waals surface area contributed by atoms with E-state index in [2.05, 4.69) is 22.9 Å². The van der Waals surface area contributed by atoms with E-state index in [4.69, 9.17) is 10.5 Å². The lowest BCUT2D eigenvalue weighted by atomic mass is 10.0. The Labute approximate surface area is 87.2 Å². The Kier molecular flexibility index (Phi) is 3.75. The number of hydrogen-bond acceptors (Lipinski definition) is 2. The van der Waals surface area contributed by atoms with Gasteiger partial charge in [-0.2, -0.15) is 0 Å². The molecule has 0 fully saturated rings. The van der Waals surface area contributed by atoms with Crippen molar-refractivity contribution < 1.29 is 4.74 Å². The summed E-state index contributed by atoms with van der Waals surface area (Å²) in [6.07, 6.45) is 0.910. The molecule has 1 aromatic carbocycles. The molecule has 72 valence electrons. The number of rotatable bonds is 3. The molecule has 0 saturated heterocycles. The Bertz CT molecular complexity index is 288. The third-order valence-corrected chi connectivity index (χ3v) is 2.67. The SMILES string of the molecule is CC[C@H](N)c1cccc(Br)c1OC. The Morgan fingerprint density at radius 1 is 1.54 bits per heavy atom. The van der Waals surface area contributed by atoms with Gasteiger partial charge in [-0.25, -0.2) is 0 Å². The summed E-state index contributed by atoms with van der Waals surface area (Å²) in [4.78, 5) is 0. The van der Waals surface area contributed by atoms with E-state index in [0.29, 0.717) is 0 Å². The number of nitrogens with two attached hydrogens (primary N) is 1. The smallest absolute Gasteiger partial charge is 0.137 e. The van der Waals surface area contributed by atoms with Crippen LogP contribution in [0.5, 0.6) is 5.75 Å². The van der Waals surface area contributed by atoms with Crippen LogP contribution in [0.25, 0.3) is 0 Å². The average Bonchev–Trinajstić information content (AvgIpc) is 2.16. The Balaban J connectivity index is 3.12. The van der Waals surface area contributed by atoms with Crippen LogP contribution in [-0.4, -0.2) is 7.11 Å². The molecule has 13 heavy (non-hydrogen) atoms. The predicted octanol–water partition coefficient (Wildman–Crippen LogP) is 2.87. The van der Waals surface area contributed by atoms with Gasteiger partial charge in [-0.3, -0.25) is 0 Å². The second-order valence-corrected chi connectivity index (χ2v) is 3.73. The van der Waals surface area contributed by atoms with Crippen molar-refractivity contribution in [3.8, 4) is 5.75 Å². The van der Waals surface area contributed by atoms with E-state index in [9.17, 15) is 0 Å². The minimum absolute atomic E-state index is 0.0486. The van der Waals surface area contributed by atoms with Gasteiger partial charge in [-0.1, -0.05) is 19.1 Å². The van der Waals surface area contributed by atoms with Crippen molar-refractivity contribution in [1.82, 2.24) is 0 Å². The van der Waals surface area contributed by atoms with Crippen LogP contribution in [0, 0.1) is 0 Å². The van der Waals surface area contributed by atoms with Crippen LogP contribution in [0.1, 0.15) is 24.9 Å². The van der Waals surface area contributed by atoms with Crippen LogP contribution < -0.4 is 10.5 Å². The fourth-order valence-corrected chi connectivity index (χ4v) is 1.80. The van der Waals surface area contributed by atoms with Crippen LogP contribution >= 0.6 is 15.9 Å². The maximum Gasteiger partial charge on any atom is 0.137 e. The van der Waals surface area contributed by atoms with Gasteiger partial charge in [-0.05, 0) is 28.4 Å². The molecule has 0 spiro atoms. The lowest BCUT2D eigenvalue weighted by molar-refractivity contribution is 0.402. The van der Waals surface area contributed by atoms with Crippen molar-refractivity contribution in [2.45, 2.75) is 19.4 Å². The predicted molar refractivity (Wildman–Crippen MR) is 57.9 cm³/mol. The van der Waals surface area contributed by atoms with E-state index in [1.807, 2.05) is 18.2 Å². The van der Waals surface area contributed by atoms with Crippen molar-refractivity contribution in [1.29, 1.82) is 0 Å². The minimum Gasteiger partial charge on any atom is -0.495 e. The maximum absolute atomic E-state index is 5.94. The first-order chi connectivity index (χ1) is 6.20. The molecular weight excluding hydrogens is 230 g/mol. The van der Waals surface area contributed by atoms with Gasteiger partial charge in [0.2, 0.25) is 0 Å². The molecule has 0 aliphatic carbocycles. The lowest BCUT2D eigenvalue weighted by Gasteiger charge is -2.14. The first kappa shape index (κ1) is 10.5. The second-order valence-electron chi connectivity index (χ2n) is 2.88. The van der Waals surface area contributed by atoms with Gasteiger partial charge in [0.15, 0.2) is 0 Å². The number of benzene rings is 1. The molecule has 0 heterocycles. The first-order valence-corrected chi connectivity index (χ1v) is 5.08. The van der Waals surface area contributed by atoms with E-state index in [-0.39, 0.29) is 6.04 Å². The fourth-order valence-electron chi connectivity index (χ4n) is 1.25. The molecule has 0 aliphatic heterocycles. The van der Waals surface area contributed by atoms with E-state index < -0.39 is 0 Å². The summed E-state index contributed by atoms with van der Waals surface area (Å²) in [5, 5.41) is 0. The van der Waals surface area contributed by atoms with Gasteiger partial charge in [0.25, 0.3) is 0 Å². The zero-order valence-electron chi connectivity index (χ0n) is 7.88. The fraction of sp³-hybridized carbons (Fsp3) is 0.400. The molecule has 2 N–H and O–H groups in total. The van der Waals surface area contributed by atoms with Gasteiger partial charge in [0.1, 0.15) is 5.75 Å². The summed E-state index contributed by atoms with van der Waals surface area (Å²) in [5.74, 6) is 0.844. The Morgan fingerprint density at radius 2 is 2.23 bits per heavy atom. The van der Waals surface area contributed by atoms with Gasteiger partial charge in [-0.15, -0.1) is 0 Å². The van der Waals surface area contributed by atoms with Crippen molar-refractivity contribution in [2.24, 2.45) is 5.73 Å². The molecule has 0 bridgehead atoms. The molecule has 2 nitrogen and oxygen atoms in total. The molecule has 0 saturated carbocycles. The second kappa shape index (κ2) is 4.63. The summed E-state index contributed by atoms with van der Waals surface area (Å²) in [7, 11) is 1.66. The normalized spacial score (nSPS) is 12.6. The summed E-state index contributed by atoms with van der Waals surface area (Å²) >= 11 is 3.42. The highest BCUT2D eigenvalue weighted by Crippen LogP contribution is 2.32. The molecule has 3 heteroatoms. The van der Waals surface area contributed by atoms with Crippen molar-refractivity contribution >= 4 is 15.9 Å². The van der Waals surface area contributed by atoms with Crippen LogP contribution in [0.15, 0.2) is 22.7 Å². The molecular formula is C10H14BrNO. The van der Waals surface area contributed by atoms with E-state index in [1.165, 1.54) is 0 Å². The highest BCUT2D eigenvalue weighted by atomic mass is 79.9. The molecule has 1 aromatic rings. The number of halogens is 1. The quantitative estimate of drug-likeness (QED) is 0.887. The highest BCUT2D eigenvalue weighted by molar-refractivity contribution is 9.10. The van der Waals surface area contributed by atoms with Gasteiger partial charge < -0.3 is 10.5 Å². The average molecular weight is 244 g/mol.